The first-order chi connectivity index (χ1) is 17.2. The molecule has 10 heteroatoms. The van der Waals surface area contributed by atoms with Crippen LogP contribution in [0.15, 0.2) is 47.4 Å². The molecule has 1 aromatic heterocycles. The Bertz CT molecular complexity index is 1340. The Hall–Kier alpha value is -2.37. The topological polar surface area (TPSA) is 89.0 Å². The van der Waals surface area contributed by atoms with Crippen molar-refractivity contribution in [1.29, 1.82) is 0 Å². The number of amides is 1. The maximum atomic E-state index is 13.7. The predicted molar refractivity (Wildman–Crippen MR) is 140 cm³/mol. The molecule has 192 valence electrons. The lowest BCUT2D eigenvalue weighted by atomic mass is 10.2. The molecular weight excluding hydrogens is 498 g/mol. The highest BCUT2D eigenvalue weighted by Gasteiger charge is 2.33. The van der Waals surface area contributed by atoms with Gasteiger partial charge in [0.25, 0.3) is 5.91 Å². The van der Waals surface area contributed by atoms with Crippen LogP contribution in [0.4, 0.5) is 5.13 Å². The standard InChI is InChI=1S/C26H31N3O5S2/c1-17-6-4-8-23-24(17)27-26(35-23)29(16-21-7-5-13-33-21)25(30)20-9-11-22(12-10-20)36(31,32)28-14-18(2)34-19(3)15-28/h4,6,8-12,18-19,21H,5,7,13-16H2,1-3H3. The summed E-state index contributed by atoms with van der Waals surface area (Å²) in [7, 11) is -3.69. The van der Waals surface area contributed by atoms with Crippen LogP contribution in [0.5, 0.6) is 0 Å². The summed E-state index contributed by atoms with van der Waals surface area (Å²) in [6.45, 7) is 7.45. The van der Waals surface area contributed by atoms with Gasteiger partial charge in [-0.3, -0.25) is 9.69 Å². The van der Waals surface area contributed by atoms with Crippen LogP contribution < -0.4 is 4.90 Å². The number of ether oxygens (including phenoxy) is 2. The number of rotatable bonds is 6. The first kappa shape index (κ1) is 25.3. The molecule has 3 aromatic rings. The summed E-state index contributed by atoms with van der Waals surface area (Å²) < 4.78 is 40.4. The highest BCUT2D eigenvalue weighted by Crippen LogP contribution is 2.32. The van der Waals surface area contributed by atoms with Crippen LogP contribution in [0.1, 0.15) is 42.6 Å². The zero-order valence-corrected chi connectivity index (χ0v) is 22.3. The maximum Gasteiger partial charge on any atom is 0.260 e. The molecule has 0 bridgehead atoms. The summed E-state index contributed by atoms with van der Waals surface area (Å²) in [5, 5.41) is 0.618. The number of aryl methyl sites for hydroxylation is 1. The lowest BCUT2D eigenvalue weighted by Crippen LogP contribution is -2.48. The van der Waals surface area contributed by atoms with Gasteiger partial charge in [-0.2, -0.15) is 4.31 Å². The average molecular weight is 530 g/mol. The van der Waals surface area contributed by atoms with E-state index in [-0.39, 0.29) is 29.1 Å². The minimum Gasteiger partial charge on any atom is -0.376 e. The third-order valence-electron chi connectivity index (χ3n) is 6.62. The number of sulfonamides is 1. The predicted octanol–water partition coefficient (Wildman–Crippen LogP) is 4.23. The van der Waals surface area contributed by atoms with E-state index in [1.165, 1.54) is 27.8 Å². The third kappa shape index (κ3) is 5.05. The molecule has 0 spiro atoms. The Kier molecular flexibility index (Phi) is 7.15. The summed E-state index contributed by atoms with van der Waals surface area (Å²) >= 11 is 1.48. The summed E-state index contributed by atoms with van der Waals surface area (Å²) in [6.07, 6.45) is 1.46. The molecule has 1 amide bonds. The van der Waals surface area contributed by atoms with E-state index < -0.39 is 10.0 Å². The Morgan fingerprint density at radius 3 is 2.50 bits per heavy atom. The van der Waals surface area contributed by atoms with E-state index in [0.717, 1.165) is 28.6 Å². The van der Waals surface area contributed by atoms with E-state index in [4.69, 9.17) is 14.5 Å². The van der Waals surface area contributed by atoms with E-state index in [1.807, 2.05) is 39.0 Å². The molecule has 3 unspecified atom stereocenters. The smallest absolute Gasteiger partial charge is 0.260 e. The Morgan fingerprint density at radius 1 is 1.14 bits per heavy atom. The lowest BCUT2D eigenvalue weighted by Gasteiger charge is -2.34. The third-order valence-corrected chi connectivity index (χ3v) is 9.51. The Morgan fingerprint density at radius 2 is 1.86 bits per heavy atom. The molecule has 0 aliphatic carbocycles. The van der Waals surface area contributed by atoms with Crippen molar-refractivity contribution in [2.75, 3.05) is 31.1 Å². The van der Waals surface area contributed by atoms with Crippen molar-refractivity contribution in [3.8, 4) is 0 Å². The molecule has 2 aromatic carbocycles. The Labute approximate surface area is 215 Å². The number of benzene rings is 2. The van der Waals surface area contributed by atoms with Crippen LogP contribution in [0.25, 0.3) is 10.2 Å². The van der Waals surface area contributed by atoms with Gasteiger partial charge in [0.15, 0.2) is 5.13 Å². The van der Waals surface area contributed by atoms with Crippen molar-refractivity contribution in [3.63, 3.8) is 0 Å². The molecule has 0 N–H and O–H groups in total. The van der Waals surface area contributed by atoms with Crippen LogP contribution in [0.2, 0.25) is 0 Å². The Balaban J connectivity index is 1.43. The van der Waals surface area contributed by atoms with E-state index in [0.29, 0.717) is 36.9 Å². The largest absolute Gasteiger partial charge is 0.376 e. The van der Waals surface area contributed by atoms with Crippen molar-refractivity contribution >= 4 is 42.6 Å². The minimum absolute atomic E-state index is 0.0491. The van der Waals surface area contributed by atoms with Gasteiger partial charge in [-0.05, 0) is 69.5 Å². The molecule has 8 nitrogen and oxygen atoms in total. The number of hydrogen-bond acceptors (Lipinski definition) is 7. The van der Waals surface area contributed by atoms with Crippen LogP contribution in [0.3, 0.4) is 0 Å². The van der Waals surface area contributed by atoms with Gasteiger partial charge < -0.3 is 9.47 Å². The molecule has 3 atom stereocenters. The molecule has 2 aliphatic heterocycles. The van der Waals surface area contributed by atoms with Gasteiger partial charge in [0.05, 0.1) is 40.0 Å². The molecule has 0 saturated carbocycles. The number of carbonyl (C=O) groups excluding carboxylic acids is 1. The molecule has 36 heavy (non-hydrogen) atoms. The SMILES string of the molecule is Cc1cccc2sc(N(CC3CCCO3)C(=O)c3ccc(S(=O)(=O)N4CC(C)OC(C)C4)cc3)nc12. The average Bonchev–Trinajstić information content (AvgIpc) is 3.52. The molecule has 2 fully saturated rings. The highest BCUT2D eigenvalue weighted by atomic mass is 32.2. The molecule has 3 heterocycles. The number of para-hydroxylation sites is 1. The summed E-state index contributed by atoms with van der Waals surface area (Å²) in [5.74, 6) is -0.222. The molecule has 2 saturated heterocycles. The summed E-state index contributed by atoms with van der Waals surface area (Å²) in [4.78, 5) is 20.3. The van der Waals surface area contributed by atoms with Crippen LogP contribution in [-0.2, 0) is 19.5 Å². The number of anilines is 1. The van der Waals surface area contributed by atoms with Gasteiger partial charge in [-0.25, -0.2) is 13.4 Å². The summed E-state index contributed by atoms with van der Waals surface area (Å²) in [6, 6.07) is 12.2. The second-order valence-corrected chi connectivity index (χ2v) is 12.5. The number of nitrogens with zero attached hydrogens (tertiary/aromatic N) is 3. The number of morpholine rings is 1. The molecule has 5 rings (SSSR count). The first-order valence-electron chi connectivity index (χ1n) is 12.3. The zero-order valence-electron chi connectivity index (χ0n) is 20.7. The zero-order chi connectivity index (χ0) is 25.4. The number of aromatic nitrogens is 1. The quantitative estimate of drug-likeness (QED) is 0.475. The fourth-order valence-corrected chi connectivity index (χ4v) is 7.47. The van der Waals surface area contributed by atoms with Crippen molar-refractivity contribution in [3.05, 3.63) is 53.6 Å². The van der Waals surface area contributed by atoms with Crippen LogP contribution in [0, 0.1) is 6.92 Å². The van der Waals surface area contributed by atoms with E-state index >= 15 is 0 Å². The van der Waals surface area contributed by atoms with Gasteiger partial charge in [0.1, 0.15) is 0 Å². The molecule has 0 radical (unpaired) electrons. The number of hydrogen-bond donors (Lipinski definition) is 0. The van der Waals surface area contributed by atoms with Crippen LogP contribution in [-0.4, -0.2) is 68.2 Å². The van der Waals surface area contributed by atoms with Gasteiger partial charge in [0.2, 0.25) is 10.0 Å². The second kappa shape index (κ2) is 10.2. The molecule has 2 aliphatic rings. The summed E-state index contributed by atoms with van der Waals surface area (Å²) in [5.41, 5.74) is 2.35. The lowest BCUT2D eigenvalue weighted by molar-refractivity contribution is -0.0440. The van der Waals surface area contributed by atoms with Gasteiger partial charge in [-0.1, -0.05) is 23.5 Å². The fraction of sp³-hybridized carbons (Fsp3) is 0.462. The normalized spacial score (nSPS) is 23.2. The number of carbonyl (C=O) groups is 1. The monoisotopic (exact) mass is 529 g/mol. The second-order valence-electron chi connectivity index (χ2n) is 9.57. The van der Waals surface area contributed by atoms with Gasteiger partial charge >= 0.3 is 0 Å². The fourth-order valence-electron chi connectivity index (χ4n) is 4.83. The van der Waals surface area contributed by atoms with Crippen molar-refractivity contribution < 1.29 is 22.7 Å². The van der Waals surface area contributed by atoms with Crippen molar-refractivity contribution in [1.82, 2.24) is 9.29 Å². The maximum absolute atomic E-state index is 13.7. The highest BCUT2D eigenvalue weighted by molar-refractivity contribution is 7.89. The van der Waals surface area contributed by atoms with E-state index in [1.54, 1.807) is 17.0 Å². The van der Waals surface area contributed by atoms with E-state index in [9.17, 15) is 13.2 Å². The van der Waals surface area contributed by atoms with Crippen LogP contribution >= 0.6 is 11.3 Å². The van der Waals surface area contributed by atoms with Gasteiger partial charge in [0, 0.05) is 25.3 Å². The molecular formula is C26H31N3O5S2. The number of fused-ring (bicyclic) bond motifs is 1. The van der Waals surface area contributed by atoms with E-state index in [2.05, 4.69) is 0 Å². The first-order valence-corrected chi connectivity index (χ1v) is 14.5. The van der Waals surface area contributed by atoms with Gasteiger partial charge in [-0.15, -0.1) is 0 Å². The minimum atomic E-state index is -3.69. The van der Waals surface area contributed by atoms with Crippen molar-refractivity contribution in [2.24, 2.45) is 0 Å². The number of thiazole rings is 1. The van der Waals surface area contributed by atoms with Crippen molar-refractivity contribution in [2.45, 2.75) is 56.8 Å².